The summed E-state index contributed by atoms with van der Waals surface area (Å²) in [5.41, 5.74) is 0. The van der Waals surface area contributed by atoms with E-state index in [2.05, 4.69) is 57.2 Å². The molecule has 1 unspecified atom stereocenters. The van der Waals surface area contributed by atoms with E-state index in [1.54, 1.807) is 0 Å². The Kier molecular flexibility index (Phi) is 47.3. The highest BCUT2D eigenvalue weighted by Gasteiger charge is 2.19. The number of hydrogen-bond acceptors (Lipinski definition) is 6. The average Bonchev–Trinajstić information content (AvgIpc) is 3.24. The molecule has 6 nitrogen and oxygen atoms in total. The van der Waals surface area contributed by atoms with Crippen LogP contribution in [0.3, 0.4) is 0 Å². The van der Waals surface area contributed by atoms with Gasteiger partial charge in [0.15, 0.2) is 6.10 Å². The van der Waals surface area contributed by atoms with Crippen molar-refractivity contribution in [2.45, 2.75) is 277 Å². The lowest BCUT2D eigenvalue weighted by Crippen LogP contribution is -2.30. The zero-order chi connectivity index (χ0) is 43.7. The summed E-state index contributed by atoms with van der Waals surface area (Å²) in [6, 6.07) is 0. The molecule has 6 heteroatoms. The minimum absolute atomic E-state index is 0.0777. The molecule has 0 rings (SSSR count). The fourth-order valence-electron chi connectivity index (χ4n) is 7.41. The van der Waals surface area contributed by atoms with E-state index in [-0.39, 0.29) is 31.1 Å². The third kappa shape index (κ3) is 46.7. The van der Waals surface area contributed by atoms with E-state index >= 15 is 0 Å². The molecule has 0 heterocycles. The van der Waals surface area contributed by atoms with Crippen molar-refractivity contribution in [3.8, 4) is 0 Å². The van der Waals surface area contributed by atoms with Crippen LogP contribution < -0.4 is 0 Å². The van der Waals surface area contributed by atoms with Gasteiger partial charge in [0.1, 0.15) is 13.2 Å². The molecule has 0 spiro atoms. The van der Waals surface area contributed by atoms with Gasteiger partial charge in [0.2, 0.25) is 0 Å². The normalized spacial score (nSPS) is 12.2. The lowest BCUT2D eigenvalue weighted by atomic mass is 10.1. The number of esters is 3. The molecule has 0 aliphatic carbocycles. The largest absolute Gasteiger partial charge is 0.462 e. The van der Waals surface area contributed by atoms with E-state index in [9.17, 15) is 14.4 Å². The number of unbranched alkanes of at least 4 members (excludes halogenated alkanes) is 30. The SMILES string of the molecule is CCCCCC/C=C\C/C=C\CCCCCCCC(=O)OC(COC(=O)CCCCCCC)COC(=O)CCCCCCCCCCC/C=C\CCCCCCCCCC. The lowest BCUT2D eigenvalue weighted by molar-refractivity contribution is -0.167. The molecule has 0 fully saturated rings. The molecule has 0 aromatic heterocycles. The Morgan fingerprint density at radius 2 is 0.600 bits per heavy atom. The summed E-state index contributed by atoms with van der Waals surface area (Å²) in [4.78, 5) is 37.6. The van der Waals surface area contributed by atoms with E-state index in [1.807, 2.05) is 0 Å². The second-order valence-corrected chi connectivity index (χ2v) is 17.4. The minimum atomic E-state index is -0.774. The monoisotopic (exact) mass is 843 g/mol. The van der Waals surface area contributed by atoms with Crippen LogP contribution in [0.4, 0.5) is 0 Å². The van der Waals surface area contributed by atoms with Crippen molar-refractivity contribution in [2.75, 3.05) is 13.2 Å². The zero-order valence-corrected chi connectivity index (χ0v) is 40.0. The fourth-order valence-corrected chi connectivity index (χ4v) is 7.41. The second-order valence-electron chi connectivity index (χ2n) is 17.4. The third-order valence-electron chi connectivity index (χ3n) is 11.4. The van der Waals surface area contributed by atoms with E-state index in [1.165, 1.54) is 141 Å². The van der Waals surface area contributed by atoms with Crippen molar-refractivity contribution in [3.05, 3.63) is 36.5 Å². The van der Waals surface area contributed by atoms with Crippen LogP contribution in [-0.4, -0.2) is 37.2 Å². The second kappa shape index (κ2) is 49.3. The lowest BCUT2D eigenvalue weighted by Gasteiger charge is -2.18. The first kappa shape index (κ1) is 57.6. The van der Waals surface area contributed by atoms with Gasteiger partial charge in [-0.05, 0) is 77.0 Å². The molecular weight excluding hydrogens is 745 g/mol. The Balaban J connectivity index is 4.14. The van der Waals surface area contributed by atoms with Crippen LogP contribution >= 0.6 is 0 Å². The minimum Gasteiger partial charge on any atom is -0.462 e. The molecule has 0 aromatic carbocycles. The summed E-state index contributed by atoms with van der Waals surface area (Å²) in [6.45, 7) is 6.54. The van der Waals surface area contributed by atoms with Crippen molar-refractivity contribution in [1.29, 1.82) is 0 Å². The molecule has 0 radical (unpaired) electrons. The molecule has 350 valence electrons. The predicted molar refractivity (Wildman–Crippen MR) is 256 cm³/mol. The van der Waals surface area contributed by atoms with Gasteiger partial charge in [-0.25, -0.2) is 0 Å². The molecule has 0 aromatic rings. The van der Waals surface area contributed by atoms with Crippen LogP contribution in [0.5, 0.6) is 0 Å². The van der Waals surface area contributed by atoms with Gasteiger partial charge in [0, 0.05) is 19.3 Å². The summed E-state index contributed by atoms with van der Waals surface area (Å²) in [7, 11) is 0. The fraction of sp³-hybridized carbons (Fsp3) is 0.833. The number of carbonyl (C=O) groups excluding carboxylic acids is 3. The number of rotatable bonds is 47. The number of ether oxygens (including phenoxy) is 3. The van der Waals surface area contributed by atoms with E-state index in [0.29, 0.717) is 19.3 Å². The average molecular weight is 843 g/mol. The molecule has 0 bridgehead atoms. The van der Waals surface area contributed by atoms with Gasteiger partial charge in [-0.1, -0.05) is 211 Å². The Morgan fingerprint density at radius 1 is 0.333 bits per heavy atom. The molecule has 0 aliphatic rings. The van der Waals surface area contributed by atoms with E-state index < -0.39 is 6.10 Å². The number of hydrogen-bond donors (Lipinski definition) is 0. The smallest absolute Gasteiger partial charge is 0.306 e. The van der Waals surface area contributed by atoms with Gasteiger partial charge in [-0.3, -0.25) is 14.4 Å². The van der Waals surface area contributed by atoms with Gasteiger partial charge in [0.05, 0.1) is 0 Å². The Hall–Kier alpha value is -2.37. The molecule has 0 saturated carbocycles. The summed E-state index contributed by atoms with van der Waals surface area (Å²) in [6.07, 6.45) is 57.4. The van der Waals surface area contributed by atoms with Crippen LogP contribution in [0.1, 0.15) is 271 Å². The summed E-state index contributed by atoms with van der Waals surface area (Å²) >= 11 is 0. The Morgan fingerprint density at radius 3 is 0.950 bits per heavy atom. The maximum atomic E-state index is 12.7. The molecule has 0 aliphatic heterocycles. The standard InChI is InChI=1S/C54H98O6/c1-4-7-10-13-15-17-19-21-23-25-26-27-28-29-31-32-34-36-38-41-44-47-53(56)59-50-51(49-58-52(55)46-43-40-12-9-6-3)60-54(57)48-45-42-39-37-35-33-30-24-22-20-18-16-14-11-8-5-2/h18,20,24-26,30,51H,4-17,19,21-23,27-29,31-50H2,1-3H3/b20-18-,26-25-,30-24-. The van der Waals surface area contributed by atoms with Crippen molar-refractivity contribution in [2.24, 2.45) is 0 Å². The molecular formula is C54H98O6. The summed E-state index contributed by atoms with van der Waals surface area (Å²) in [5, 5.41) is 0. The topological polar surface area (TPSA) is 78.9 Å². The van der Waals surface area contributed by atoms with Gasteiger partial charge in [-0.2, -0.15) is 0 Å². The predicted octanol–water partition coefficient (Wildman–Crippen LogP) is 16.9. The summed E-state index contributed by atoms with van der Waals surface area (Å²) < 4.78 is 16.7. The first-order chi connectivity index (χ1) is 29.5. The first-order valence-corrected chi connectivity index (χ1v) is 26.0. The molecule has 0 saturated heterocycles. The quantitative estimate of drug-likeness (QED) is 0.0263. The van der Waals surface area contributed by atoms with Gasteiger partial charge < -0.3 is 14.2 Å². The van der Waals surface area contributed by atoms with Crippen molar-refractivity contribution < 1.29 is 28.6 Å². The van der Waals surface area contributed by atoms with E-state index in [0.717, 1.165) is 89.9 Å². The Labute approximate surface area is 372 Å². The number of carbonyl (C=O) groups is 3. The molecule has 0 amide bonds. The highest BCUT2D eigenvalue weighted by atomic mass is 16.6. The van der Waals surface area contributed by atoms with Crippen molar-refractivity contribution >= 4 is 17.9 Å². The summed E-state index contributed by atoms with van der Waals surface area (Å²) in [5.74, 6) is -0.900. The molecule has 1 atom stereocenters. The Bertz CT molecular complexity index is 1020. The first-order valence-electron chi connectivity index (χ1n) is 26.0. The molecule has 60 heavy (non-hydrogen) atoms. The maximum Gasteiger partial charge on any atom is 0.306 e. The van der Waals surface area contributed by atoms with Crippen LogP contribution in [-0.2, 0) is 28.6 Å². The third-order valence-corrected chi connectivity index (χ3v) is 11.4. The van der Waals surface area contributed by atoms with Crippen LogP contribution in [0.15, 0.2) is 36.5 Å². The van der Waals surface area contributed by atoms with Crippen molar-refractivity contribution in [3.63, 3.8) is 0 Å². The van der Waals surface area contributed by atoms with Gasteiger partial charge in [0.25, 0.3) is 0 Å². The van der Waals surface area contributed by atoms with Crippen LogP contribution in [0, 0.1) is 0 Å². The van der Waals surface area contributed by atoms with Gasteiger partial charge in [-0.15, -0.1) is 0 Å². The highest BCUT2D eigenvalue weighted by Crippen LogP contribution is 2.15. The molecule has 0 N–H and O–H groups in total. The highest BCUT2D eigenvalue weighted by molar-refractivity contribution is 5.71. The maximum absolute atomic E-state index is 12.7. The number of allylic oxidation sites excluding steroid dienone is 6. The van der Waals surface area contributed by atoms with Crippen molar-refractivity contribution in [1.82, 2.24) is 0 Å². The zero-order valence-electron chi connectivity index (χ0n) is 40.0. The van der Waals surface area contributed by atoms with Gasteiger partial charge >= 0.3 is 17.9 Å². The van der Waals surface area contributed by atoms with E-state index in [4.69, 9.17) is 14.2 Å². The van der Waals surface area contributed by atoms with Crippen LogP contribution in [0.2, 0.25) is 0 Å². The van der Waals surface area contributed by atoms with Crippen LogP contribution in [0.25, 0.3) is 0 Å².